The lowest BCUT2D eigenvalue weighted by atomic mass is 10.2. The molecule has 1 aliphatic heterocycles. The highest BCUT2D eigenvalue weighted by atomic mass is 32.2. The summed E-state index contributed by atoms with van der Waals surface area (Å²) in [6.07, 6.45) is 1.70. The summed E-state index contributed by atoms with van der Waals surface area (Å²) >= 11 is 0.944. The summed E-state index contributed by atoms with van der Waals surface area (Å²) in [5.74, 6) is 1.15. The first-order chi connectivity index (χ1) is 10.6. The number of hydrogen-bond donors (Lipinski definition) is 0. The number of amides is 2. The highest BCUT2D eigenvalue weighted by Crippen LogP contribution is 2.31. The third-order valence-corrected chi connectivity index (χ3v) is 4.08. The Hall–Kier alpha value is -2.53. The van der Waals surface area contributed by atoms with E-state index >= 15 is 0 Å². The molecule has 0 saturated carbocycles. The van der Waals surface area contributed by atoms with Crippen molar-refractivity contribution in [2.75, 3.05) is 7.05 Å². The molecule has 0 radical (unpaired) electrons. The van der Waals surface area contributed by atoms with Crippen LogP contribution < -0.4 is 4.74 Å². The van der Waals surface area contributed by atoms with E-state index < -0.39 is 0 Å². The van der Waals surface area contributed by atoms with Gasteiger partial charge in [-0.25, -0.2) is 0 Å². The summed E-state index contributed by atoms with van der Waals surface area (Å²) < 4.78 is 5.75. The van der Waals surface area contributed by atoms with Gasteiger partial charge in [-0.3, -0.25) is 14.5 Å². The second-order valence-corrected chi connectivity index (χ2v) is 5.72. The van der Waals surface area contributed by atoms with Gasteiger partial charge < -0.3 is 4.74 Å². The number of carbonyl (C=O) groups excluding carboxylic acids is 2. The Kier molecular flexibility index (Phi) is 3.98. The van der Waals surface area contributed by atoms with Crippen molar-refractivity contribution in [1.82, 2.24) is 4.90 Å². The van der Waals surface area contributed by atoms with Crippen LogP contribution in [0.4, 0.5) is 4.79 Å². The van der Waals surface area contributed by atoms with Crippen LogP contribution in [0.3, 0.4) is 0 Å². The van der Waals surface area contributed by atoms with Crippen molar-refractivity contribution in [3.8, 4) is 11.5 Å². The number of benzene rings is 2. The van der Waals surface area contributed by atoms with Gasteiger partial charge in [-0.1, -0.05) is 30.3 Å². The first-order valence-electron chi connectivity index (χ1n) is 6.68. The molecular formula is C17H13NO3S. The monoisotopic (exact) mass is 311 g/mol. The van der Waals surface area contributed by atoms with Crippen LogP contribution >= 0.6 is 11.8 Å². The average molecular weight is 311 g/mol. The van der Waals surface area contributed by atoms with Crippen LogP contribution in [0.2, 0.25) is 0 Å². The Morgan fingerprint density at radius 1 is 1.00 bits per heavy atom. The second kappa shape index (κ2) is 6.07. The highest BCUT2D eigenvalue weighted by Gasteiger charge is 2.31. The van der Waals surface area contributed by atoms with Crippen molar-refractivity contribution in [2.24, 2.45) is 0 Å². The van der Waals surface area contributed by atoms with E-state index in [1.165, 1.54) is 7.05 Å². The van der Waals surface area contributed by atoms with Crippen LogP contribution in [-0.4, -0.2) is 23.1 Å². The highest BCUT2D eigenvalue weighted by molar-refractivity contribution is 8.18. The van der Waals surface area contributed by atoms with E-state index in [0.29, 0.717) is 10.7 Å². The zero-order valence-electron chi connectivity index (χ0n) is 11.9. The molecule has 2 aromatic carbocycles. The molecule has 0 bridgehead atoms. The molecule has 2 amide bonds. The topological polar surface area (TPSA) is 46.6 Å². The molecule has 1 saturated heterocycles. The number of nitrogens with zero attached hydrogens (tertiary/aromatic N) is 1. The standard InChI is InChI=1S/C17H13NO3S/c1-18-16(19)15(22-17(18)20)11-12-6-5-9-14(10-12)21-13-7-3-2-4-8-13/h2-11H,1H3. The average Bonchev–Trinajstić information content (AvgIpc) is 2.76. The summed E-state index contributed by atoms with van der Waals surface area (Å²) in [7, 11) is 1.48. The van der Waals surface area contributed by atoms with Gasteiger partial charge >= 0.3 is 0 Å². The minimum absolute atomic E-state index is 0.257. The van der Waals surface area contributed by atoms with Crippen LogP contribution in [0.25, 0.3) is 6.08 Å². The van der Waals surface area contributed by atoms with E-state index in [1.807, 2.05) is 54.6 Å². The van der Waals surface area contributed by atoms with Crippen molar-refractivity contribution in [2.45, 2.75) is 0 Å². The zero-order valence-corrected chi connectivity index (χ0v) is 12.7. The van der Waals surface area contributed by atoms with E-state index in [9.17, 15) is 9.59 Å². The number of carbonyl (C=O) groups is 2. The van der Waals surface area contributed by atoms with Gasteiger partial charge in [-0.2, -0.15) is 0 Å². The van der Waals surface area contributed by atoms with Crippen molar-refractivity contribution in [3.63, 3.8) is 0 Å². The van der Waals surface area contributed by atoms with Crippen LogP contribution in [0.5, 0.6) is 11.5 Å². The van der Waals surface area contributed by atoms with E-state index in [-0.39, 0.29) is 11.1 Å². The summed E-state index contributed by atoms with van der Waals surface area (Å²) in [4.78, 5) is 24.9. The number of rotatable bonds is 3. The van der Waals surface area contributed by atoms with Crippen LogP contribution in [0, 0.1) is 0 Å². The Morgan fingerprint density at radius 2 is 1.73 bits per heavy atom. The molecule has 1 aliphatic rings. The molecule has 1 fully saturated rings. The van der Waals surface area contributed by atoms with Gasteiger partial charge in [-0.05, 0) is 47.7 Å². The maximum Gasteiger partial charge on any atom is 0.293 e. The molecule has 5 heteroatoms. The molecule has 22 heavy (non-hydrogen) atoms. The molecule has 4 nitrogen and oxygen atoms in total. The summed E-state index contributed by atoms with van der Waals surface area (Å²) in [5, 5.41) is -0.257. The normalized spacial score (nSPS) is 16.4. The number of imide groups is 1. The fourth-order valence-corrected chi connectivity index (χ4v) is 2.82. The number of para-hydroxylation sites is 1. The lowest BCUT2D eigenvalue weighted by Gasteiger charge is -2.06. The zero-order chi connectivity index (χ0) is 15.5. The molecule has 0 N–H and O–H groups in total. The molecule has 0 unspecified atom stereocenters. The quantitative estimate of drug-likeness (QED) is 0.799. The minimum atomic E-state index is -0.274. The van der Waals surface area contributed by atoms with Crippen molar-refractivity contribution >= 4 is 29.0 Å². The van der Waals surface area contributed by atoms with Crippen LogP contribution in [0.1, 0.15) is 5.56 Å². The molecule has 0 aliphatic carbocycles. The van der Waals surface area contributed by atoms with Crippen molar-refractivity contribution in [3.05, 3.63) is 65.1 Å². The molecule has 110 valence electrons. The van der Waals surface area contributed by atoms with Gasteiger partial charge in [0.1, 0.15) is 11.5 Å². The summed E-state index contributed by atoms with van der Waals surface area (Å²) in [5.41, 5.74) is 0.812. The van der Waals surface area contributed by atoms with Crippen molar-refractivity contribution in [1.29, 1.82) is 0 Å². The van der Waals surface area contributed by atoms with E-state index in [1.54, 1.807) is 6.08 Å². The van der Waals surface area contributed by atoms with E-state index in [2.05, 4.69) is 0 Å². The molecule has 0 spiro atoms. The molecule has 0 atom stereocenters. The smallest absolute Gasteiger partial charge is 0.293 e. The number of ether oxygens (including phenoxy) is 1. The van der Waals surface area contributed by atoms with E-state index in [0.717, 1.165) is 28.0 Å². The van der Waals surface area contributed by atoms with Gasteiger partial charge in [0.2, 0.25) is 0 Å². The SMILES string of the molecule is CN1C(=O)SC(=Cc2cccc(Oc3ccccc3)c2)C1=O. The van der Waals surface area contributed by atoms with Crippen LogP contribution in [-0.2, 0) is 4.79 Å². The minimum Gasteiger partial charge on any atom is -0.457 e. The maximum absolute atomic E-state index is 11.9. The predicted molar refractivity (Wildman–Crippen MR) is 86.7 cm³/mol. The Labute approximate surface area is 132 Å². The van der Waals surface area contributed by atoms with Crippen molar-refractivity contribution < 1.29 is 14.3 Å². The molecule has 2 aromatic rings. The molecule has 1 heterocycles. The Balaban J connectivity index is 1.83. The predicted octanol–water partition coefficient (Wildman–Crippen LogP) is 4.15. The van der Waals surface area contributed by atoms with Gasteiger partial charge in [0.05, 0.1) is 4.91 Å². The van der Waals surface area contributed by atoms with Gasteiger partial charge in [0, 0.05) is 7.05 Å². The second-order valence-electron chi connectivity index (χ2n) is 4.73. The maximum atomic E-state index is 11.9. The van der Waals surface area contributed by atoms with Gasteiger partial charge in [0.15, 0.2) is 0 Å². The van der Waals surface area contributed by atoms with Gasteiger partial charge in [0.25, 0.3) is 11.1 Å². The largest absolute Gasteiger partial charge is 0.457 e. The Morgan fingerprint density at radius 3 is 2.41 bits per heavy atom. The number of likely N-dealkylation sites (N-methyl/N-ethyl adjacent to an activating group) is 1. The first kappa shape index (κ1) is 14.4. The molecule has 3 rings (SSSR count). The number of hydrogen-bond acceptors (Lipinski definition) is 4. The Bertz CT molecular complexity index is 756. The fraction of sp³-hybridized carbons (Fsp3) is 0.0588. The third kappa shape index (κ3) is 3.04. The molecular weight excluding hydrogens is 298 g/mol. The summed E-state index contributed by atoms with van der Waals surface area (Å²) in [6.45, 7) is 0. The fourth-order valence-electron chi connectivity index (χ4n) is 1.99. The summed E-state index contributed by atoms with van der Waals surface area (Å²) in [6, 6.07) is 16.8. The molecule has 0 aromatic heterocycles. The third-order valence-electron chi connectivity index (χ3n) is 3.12. The number of thioether (sulfide) groups is 1. The van der Waals surface area contributed by atoms with E-state index in [4.69, 9.17) is 4.74 Å². The van der Waals surface area contributed by atoms with Gasteiger partial charge in [-0.15, -0.1) is 0 Å². The lowest BCUT2D eigenvalue weighted by molar-refractivity contribution is -0.121. The first-order valence-corrected chi connectivity index (χ1v) is 7.50. The van der Waals surface area contributed by atoms with Crippen LogP contribution in [0.15, 0.2) is 59.5 Å². The lowest BCUT2D eigenvalue weighted by Crippen LogP contribution is -2.22.